The van der Waals surface area contributed by atoms with Gasteiger partial charge in [-0.1, -0.05) is 31.2 Å². The second kappa shape index (κ2) is 6.34. The first-order chi connectivity index (χ1) is 9.24. The molecule has 0 saturated heterocycles. The molecular weight excluding hydrogens is 241 g/mol. The average molecular weight is 259 g/mol. The minimum Gasteiger partial charge on any atom is -0.454 e. The monoisotopic (exact) mass is 259 g/mol. The molecule has 100 valence electrons. The second-order valence-electron chi connectivity index (χ2n) is 4.36. The zero-order chi connectivity index (χ0) is 13.7. The van der Waals surface area contributed by atoms with Crippen molar-refractivity contribution in [2.45, 2.75) is 19.9 Å². The molecule has 0 aliphatic carbocycles. The Kier molecular flexibility index (Phi) is 4.53. The zero-order valence-electron chi connectivity index (χ0n) is 11.2. The quantitative estimate of drug-likeness (QED) is 0.879. The molecule has 0 atom stereocenters. The molecule has 2 aromatic rings. The summed E-state index contributed by atoms with van der Waals surface area (Å²) in [6.45, 7) is 2.65. The van der Waals surface area contributed by atoms with Gasteiger partial charge in [-0.3, -0.25) is 0 Å². The van der Waals surface area contributed by atoms with E-state index in [-0.39, 0.29) is 5.82 Å². The molecular formula is C16H18FNO. The second-order valence-corrected chi connectivity index (χ2v) is 4.36. The maximum absolute atomic E-state index is 13.9. The van der Waals surface area contributed by atoms with E-state index in [1.165, 1.54) is 11.6 Å². The third-order valence-electron chi connectivity index (χ3n) is 2.94. The van der Waals surface area contributed by atoms with Gasteiger partial charge in [-0.2, -0.15) is 0 Å². The van der Waals surface area contributed by atoms with Crippen molar-refractivity contribution in [1.29, 1.82) is 0 Å². The van der Waals surface area contributed by atoms with Crippen LogP contribution in [0.2, 0.25) is 0 Å². The molecule has 0 aliphatic rings. The summed E-state index contributed by atoms with van der Waals surface area (Å²) >= 11 is 0. The van der Waals surface area contributed by atoms with Crippen LogP contribution in [0.3, 0.4) is 0 Å². The highest BCUT2D eigenvalue weighted by molar-refractivity contribution is 5.40. The van der Waals surface area contributed by atoms with E-state index in [0.29, 0.717) is 18.0 Å². The Morgan fingerprint density at radius 1 is 1.16 bits per heavy atom. The highest BCUT2D eigenvalue weighted by Crippen LogP contribution is 2.29. The molecule has 2 aromatic carbocycles. The lowest BCUT2D eigenvalue weighted by Gasteiger charge is -2.12. The van der Waals surface area contributed by atoms with E-state index in [1.807, 2.05) is 37.4 Å². The standard InChI is InChI=1S/C16H18FNO/c1-3-12-6-4-8-14(10-12)19-16-13(11-18-2)7-5-9-15(16)17/h4-10,18H,3,11H2,1-2H3. The van der Waals surface area contributed by atoms with Crippen molar-refractivity contribution in [1.82, 2.24) is 5.32 Å². The van der Waals surface area contributed by atoms with Gasteiger partial charge in [-0.05, 0) is 37.2 Å². The van der Waals surface area contributed by atoms with Crippen LogP contribution in [0.1, 0.15) is 18.1 Å². The number of aryl methyl sites for hydroxylation is 1. The van der Waals surface area contributed by atoms with E-state index in [4.69, 9.17) is 4.74 Å². The molecule has 0 aliphatic heterocycles. The fraction of sp³-hybridized carbons (Fsp3) is 0.250. The molecule has 19 heavy (non-hydrogen) atoms. The van der Waals surface area contributed by atoms with E-state index < -0.39 is 0 Å². The lowest BCUT2D eigenvalue weighted by Crippen LogP contribution is -2.07. The number of hydrogen-bond acceptors (Lipinski definition) is 2. The molecule has 0 aromatic heterocycles. The van der Waals surface area contributed by atoms with Crippen molar-refractivity contribution in [3.8, 4) is 11.5 Å². The summed E-state index contributed by atoms with van der Waals surface area (Å²) in [4.78, 5) is 0. The van der Waals surface area contributed by atoms with Crippen LogP contribution in [0.15, 0.2) is 42.5 Å². The van der Waals surface area contributed by atoms with Gasteiger partial charge in [0.05, 0.1) is 0 Å². The number of hydrogen-bond donors (Lipinski definition) is 1. The van der Waals surface area contributed by atoms with Gasteiger partial charge in [0.1, 0.15) is 5.75 Å². The summed E-state index contributed by atoms with van der Waals surface area (Å²) in [5.74, 6) is 0.626. The Bertz CT molecular complexity index is 554. The van der Waals surface area contributed by atoms with Crippen molar-refractivity contribution in [2.75, 3.05) is 7.05 Å². The Balaban J connectivity index is 2.31. The van der Waals surface area contributed by atoms with E-state index in [1.54, 1.807) is 6.07 Å². The number of nitrogens with one attached hydrogen (secondary N) is 1. The van der Waals surface area contributed by atoms with Gasteiger partial charge in [0.2, 0.25) is 0 Å². The summed E-state index contributed by atoms with van der Waals surface area (Å²) in [7, 11) is 1.83. The van der Waals surface area contributed by atoms with Crippen LogP contribution in [0, 0.1) is 5.82 Å². The van der Waals surface area contributed by atoms with Crippen LogP contribution in [0.25, 0.3) is 0 Å². The summed E-state index contributed by atoms with van der Waals surface area (Å²) in [5, 5.41) is 3.01. The highest BCUT2D eigenvalue weighted by atomic mass is 19.1. The molecule has 2 rings (SSSR count). The number of rotatable bonds is 5. The Labute approximate surface area is 113 Å². The SMILES string of the molecule is CCc1cccc(Oc2c(F)cccc2CNC)c1. The smallest absolute Gasteiger partial charge is 0.167 e. The van der Waals surface area contributed by atoms with Crippen LogP contribution in [0.5, 0.6) is 11.5 Å². The first kappa shape index (κ1) is 13.6. The number of para-hydroxylation sites is 1. The third-order valence-corrected chi connectivity index (χ3v) is 2.94. The van der Waals surface area contributed by atoms with E-state index in [0.717, 1.165) is 12.0 Å². The molecule has 3 heteroatoms. The lowest BCUT2D eigenvalue weighted by atomic mass is 10.1. The van der Waals surface area contributed by atoms with Gasteiger partial charge in [-0.15, -0.1) is 0 Å². The molecule has 2 nitrogen and oxygen atoms in total. The predicted molar refractivity (Wildman–Crippen MR) is 75.1 cm³/mol. The summed E-state index contributed by atoms with van der Waals surface area (Å²) in [6.07, 6.45) is 0.928. The van der Waals surface area contributed by atoms with Crippen molar-refractivity contribution in [3.05, 3.63) is 59.4 Å². The molecule has 0 fully saturated rings. The zero-order valence-corrected chi connectivity index (χ0v) is 11.2. The van der Waals surface area contributed by atoms with Crippen LogP contribution >= 0.6 is 0 Å². The molecule has 1 N–H and O–H groups in total. The summed E-state index contributed by atoms with van der Waals surface area (Å²) in [6, 6.07) is 12.7. The molecule has 0 amide bonds. The van der Waals surface area contributed by atoms with Gasteiger partial charge < -0.3 is 10.1 Å². The van der Waals surface area contributed by atoms with Gasteiger partial charge in [-0.25, -0.2) is 4.39 Å². The Morgan fingerprint density at radius 2 is 1.95 bits per heavy atom. The van der Waals surface area contributed by atoms with E-state index >= 15 is 0 Å². The molecule has 0 radical (unpaired) electrons. The van der Waals surface area contributed by atoms with Crippen LogP contribution in [0.4, 0.5) is 4.39 Å². The lowest BCUT2D eigenvalue weighted by molar-refractivity contribution is 0.434. The summed E-state index contributed by atoms with van der Waals surface area (Å²) in [5.41, 5.74) is 1.98. The fourth-order valence-electron chi connectivity index (χ4n) is 1.94. The largest absolute Gasteiger partial charge is 0.454 e. The van der Waals surface area contributed by atoms with Crippen LogP contribution < -0.4 is 10.1 Å². The topological polar surface area (TPSA) is 21.3 Å². The maximum Gasteiger partial charge on any atom is 0.167 e. The number of benzene rings is 2. The highest BCUT2D eigenvalue weighted by Gasteiger charge is 2.10. The molecule has 0 saturated carbocycles. The summed E-state index contributed by atoms with van der Waals surface area (Å²) < 4.78 is 19.6. The predicted octanol–water partition coefficient (Wildman–Crippen LogP) is 3.90. The van der Waals surface area contributed by atoms with Gasteiger partial charge in [0.15, 0.2) is 11.6 Å². The van der Waals surface area contributed by atoms with Gasteiger partial charge >= 0.3 is 0 Å². The van der Waals surface area contributed by atoms with Crippen molar-refractivity contribution in [2.24, 2.45) is 0 Å². The molecule has 0 heterocycles. The Morgan fingerprint density at radius 3 is 2.68 bits per heavy atom. The average Bonchev–Trinajstić information content (AvgIpc) is 2.43. The van der Waals surface area contributed by atoms with Crippen molar-refractivity contribution in [3.63, 3.8) is 0 Å². The van der Waals surface area contributed by atoms with E-state index in [2.05, 4.69) is 12.2 Å². The number of ether oxygens (including phenoxy) is 1. The van der Waals surface area contributed by atoms with E-state index in [9.17, 15) is 4.39 Å². The molecule has 0 spiro atoms. The number of halogens is 1. The normalized spacial score (nSPS) is 10.5. The maximum atomic E-state index is 13.9. The first-order valence-corrected chi connectivity index (χ1v) is 6.43. The Hall–Kier alpha value is -1.87. The third kappa shape index (κ3) is 3.32. The van der Waals surface area contributed by atoms with Gasteiger partial charge in [0.25, 0.3) is 0 Å². The first-order valence-electron chi connectivity index (χ1n) is 6.43. The molecule has 0 bridgehead atoms. The van der Waals surface area contributed by atoms with Crippen molar-refractivity contribution >= 4 is 0 Å². The minimum atomic E-state index is -0.338. The van der Waals surface area contributed by atoms with Crippen LogP contribution in [-0.2, 0) is 13.0 Å². The minimum absolute atomic E-state index is 0.296. The van der Waals surface area contributed by atoms with Crippen LogP contribution in [-0.4, -0.2) is 7.05 Å². The fourth-order valence-corrected chi connectivity index (χ4v) is 1.94. The van der Waals surface area contributed by atoms with Crippen molar-refractivity contribution < 1.29 is 9.13 Å². The van der Waals surface area contributed by atoms with Gasteiger partial charge in [0, 0.05) is 12.1 Å². The molecule has 0 unspecified atom stereocenters.